The molecule has 0 saturated carbocycles. The molecule has 0 radical (unpaired) electrons. The predicted octanol–water partition coefficient (Wildman–Crippen LogP) is 4.70. The fraction of sp³-hybridized carbons (Fsp3) is 0.167. The summed E-state index contributed by atoms with van der Waals surface area (Å²) in [4.78, 5) is 24.6. The Morgan fingerprint density at radius 1 is 0.833 bits per heavy atom. The van der Waals surface area contributed by atoms with Gasteiger partial charge in [-0.1, -0.05) is 18.2 Å². The standard InChI is InChI=1S/C24H25N3O3/c1-3-30-21-14-12-20(13-15-21)27-24(29)18-8-10-19(11-9-18)26-23(28)16-25-22-7-5-4-6-17(22)2/h4-15,25H,3,16H2,1-2H3,(H,26,28)(H,27,29). The first-order valence-electron chi connectivity index (χ1n) is 9.79. The van der Waals surface area contributed by atoms with E-state index >= 15 is 0 Å². The number of hydrogen-bond acceptors (Lipinski definition) is 4. The van der Waals surface area contributed by atoms with Crippen molar-refractivity contribution in [2.75, 3.05) is 29.1 Å². The van der Waals surface area contributed by atoms with Gasteiger partial charge in [0.25, 0.3) is 5.91 Å². The highest BCUT2D eigenvalue weighted by Crippen LogP contribution is 2.17. The molecule has 0 aliphatic rings. The van der Waals surface area contributed by atoms with Crippen molar-refractivity contribution in [3.63, 3.8) is 0 Å². The smallest absolute Gasteiger partial charge is 0.255 e. The summed E-state index contributed by atoms with van der Waals surface area (Å²) in [6, 6.07) is 21.7. The lowest BCUT2D eigenvalue weighted by Crippen LogP contribution is -2.22. The van der Waals surface area contributed by atoms with Gasteiger partial charge in [-0.2, -0.15) is 0 Å². The number of carbonyl (C=O) groups excluding carboxylic acids is 2. The molecule has 30 heavy (non-hydrogen) atoms. The van der Waals surface area contributed by atoms with Crippen LogP contribution in [0.15, 0.2) is 72.8 Å². The van der Waals surface area contributed by atoms with E-state index < -0.39 is 0 Å². The van der Waals surface area contributed by atoms with Crippen molar-refractivity contribution in [2.45, 2.75) is 13.8 Å². The predicted molar refractivity (Wildman–Crippen MR) is 120 cm³/mol. The van der Waals surface area contributed by atoms with Crippen LogP contribution in [0.4, 0.5) is 17.1 Å². The van der Waals surface area contributed by atoms with Crippen LogP contribution >= 0.6 is 0 Å². The van der Waals surface area contributed by atoms with E-state index in [1.807, 2.05) is 50.2 Å². The number of para-hydroxylation sites is 1. The fourth-order valence-corrected chi connectivity index (χ4v) is 2.86. The summed E-state index contributed by atoms with van der Waals surface area (Å²) in [7, 11) is 0. The number of amides is 2. The molecule has 3 aromatic rings. The van der Waals surface area contributed by atoms with E-state index in [2.05, 4.69) is 16.0 Å². The van der Waals surface area contributed by atoms with E-state index in [1.54, 1.807) is 36.4 Å². The number of ether oxygens (including phenoxy) is 1. The van der Waals surface area contributed by atoms with Crippen LogP contribution in [-0.4, -0.2) is 25.0 Å². The van der Waals surface area contributed by atoms with E-state index in [0.717, 1.165) is 17.0 Å². The minimum absolute atomic E-state index is 0.158. The third-order valence-electron chi connectivity index (χ3n) is 4.44. The lowest BCUT2D eigenvalue weighted by molar-refractivity contribution is -0.114. The number of rotatable bonds is 8. The summed E-state index contributed by atoms with van der Waals surface area (Å²) in [5.74, 6) is 0.371. The van der Waals surface area contributed by atoms with Gasteiger partial charge in [0, 0.05) is 22.6 Å². The second kappa shape index (κ2) is 10.1. The maximum atomic E-state index is 12.4. The van der Waals surface area contributed by atoms with Gasteiger partial charge >= 0.3 is 0 Å². The number of carbonyl (C=O) groups is 2. The molecule has 6 nitrogen and oxygen atoms in total. The number of nitrogens with one attached hydrogen (secondary N) is 3. The maximum Gasteiger partial charge on any atom is 0.255 e. The molecular formula is C24H25N3O3. The van der Waals surface area contributed by atoms with E-state index in [4.69, 9.17) is 4.74 Å². The number of aryl methyl sites for hydroxylation is 1. The van der Waals surface area contributed by atoms with Crippen molar-refractivity contribution in [1.29, 1.82) is 0 Å². The second-order valence-electron chi connectivity index (χ2n) is 6.71. The molecule has 154 valence electrons. The Balaban J connectivity index is 1.51. The van der Waals surface area contributed by atoms with Crippen molar-refractivity contribution < 1.29 is 14.3 Å². The van der Waals surface area contributed by atoms with E-state index in [9.17, 15) is 9.59 Å². The Morgan fingerprint density at radius 3 is 2.13 bits per heavy atom. The number of benzene rings is 3. The van der Waals surface area contributed by atoms with Crippen LogP contribution in [0.5, 0.6) is 5.75 Å². The topological polar surface area (TPSA) is 79.5 Å². The van der Waals surface area contributed by atoms with E-state index in [0.29, 0.717) is 23.5 Å². The Labute approximate surface area is 176 Å². The molecule has 3 N–H and O–H groups in total. The first-order valence-corrected chi connectivity index (χ1v) is 9.79. The molecular weight excluding hydrogens is 378 g/mol. The molecule has 6 heteroatoms. The lowest BCUT2D eigenvalue weighted by Gasteiger charge is -2.10. The van der Waals surface area contributed by atoms with Gasteiger partial charge < -0.3 is 20.7 Å². The zero-order valence-corrected chi connectivity index (χ0v) is 17.1. The van der Waals surface area contributed by atoms with Crippen LogP contribution in [0.25, 0.3) is 0 Å². The monoisotopic (exact) mass is 403 g/mol. The van der Waals surface area contributed by atoms with Crippen molar-refractivity contribution in [3.8, 4) is 5.75 Å². The highest BCUT2D eigenvalue weighted by atomic mass is 16.5. The van der Waals surface area contributed by atoms with Gasteiger partial charge in [0.1, 0.15) is 5.75 Å². The zero-order valence-electron chi connectivity index (χ0n) is 17.1. The quantitative estimate of drug-likeness (QED) is 0.509. The summed E-state index contributed by atoms with van der Waals surface area (Å²) >= 11 is 0. The minimum Gasteiger partial charge on any atom is -0.494 e. The van der Waals surface area contributed by atoms with Gasteiger partial charge in [-0.05, 0) is 74.0 Å². The Bertz CT molecular complexity index is 999. The van der Waals surface area contributed by atoms with Crippen LogP contribution in [0.3, 0.4) is 0 Å². The highest BCUT2D eigenvalue weighted by Gasteiger charge is 2.08. The Kier molecular flexibility index (Phi) is 7.05. The third-order valence-corrected chi connectivity index (χ3v) is 4.44. The van der Waals surface area contributed by atoms with Crippen molar-refractivity contribution >= 4 is 28.9 Å². The van der Waals surface area contributed by atoms with Crippen LogP contribution in [0.1, 0.15) is 22.8 Å². The molecule has 3 aromatic carbocycles. The Morgan fingerprint density at radius 2 is 1.47 bits per heavy atom. The largest absolute Gasteiger partial charge is 0.494 e. The first-order chi connectivity index (χ1) is 14.5. The highest BCUT2D eigenvalue weighted by molar-refractivity contribution is 6.04. The molecule has 0 saturated heterocycles. The van der Waals surface area contributed by atoms with Crippen LogP contribution < -0.4 is 20.7 Å². The molecule has 0 heterocycles. The number of anilines is 3. The molecule has 0 aliphatic carbocycles. The summed E-state index contributed by atoms with van der Waals surface area (Å²) in [5.41, 5.74) is 3.81. The molecule has 0 spiro atoms. The van der Waals surface area contributed by atoms with E-state index in [1.165, 1.54) is 0 Å². The molecule has 3 rings (SSSR count). The van der Waals surface area contributed by atoms with Gasteiger partial charge in [-0.3, -0.25) is 9.59 Å². The van der Waals surface area contributed by atoms with Gasteiger partial charge in [-0.15, -0.1) is 0 Å². The molecule has 0 bridgehead atoms. The zero-order chi connectivity index (χ0) is 21.3. The normalized spacial score (nSPS) is 10.2. The number of hydrogen-bond donors (Lipinski definition) is 3. The minimum atomic E-state index is -0.224. The van der Waals surface area contributed by atoms with Crippen LogP contribution in [0, 0.1) is 6.92 Å². The van der Waals surface area contributed by atoms with Gasteiger partial charge in [-0.25, -0.2) is 0 Å². The van der Waals surface area contributed by atoms with Crippen LogP contribution in [0.2, 0.25) is 0 Å². The molecule has 0 aliphatic heterocycles. The summed E-state index contributed by atoms with van der Waals surface area (Å²) in [6.07, 6.45) is 0. The van der Waals surface area contributed by atoms with Crippen molar-refractivity contribution in [3.05, 3.63) is 83.9 Å². The van der Waals surface area contributed by atoms with Crippen molar-refractivity contribution in [2.24, 2.45) is 0 Å². The molecule has 2 amide bonds. The van der Waals surface area contributed by atoms with Crippen molar-refractivity contribution in [1.82, 2.24) is 0 Å². The van der Waals surface area contributed by atoms with Gasteiger partial charge in [0.15, 0.2) is 0 Å². The average molecular weight is 403 g/mol. The molecule has 0 atom stereocenters. The summed E-state index contributed by atoms with van der Waals surface area (Å²) in [6.45, 7) is 4.65. The molecule has 0 aromatic heterocycles. The van der Waals surface area contributed by atoms with Gasteiger partial charge in [0.2, 0.25) is 5.91 Å². The average Bonchev–Trinajstić information content (AvgIpc) is 2.75. The molecule has 0 unspecified atom stereocenters. The van der Waals surface area contributed by atoms with E-state index in [-0.39, 0.29) is 18.4 Å². The van der Waals surface area contributed by atoms with Gasteiger partial charge in [0.05, 0.1) is 13.2 Å². The summed E-state index contributed by atoms with van der Waals surface area (Å²) in [5, 5.41) is 8.77. The SMILES string of the molecule is CCOc1ccc(NC(=O)c2ccc(NC(=O)CNc3ccccc3C)cc2)cc1. The third kappa shape index (κ3) is 5.85. The first kappa shape index (κ1) is 20.9. The molecule has 0 fully saturated rings. The fourth-order valence-electron chi connectivity index (χ4n) is 2.86. The maximum absolute atomic E-state index is 12.4. The Hall–Kier alpha value is -3.80. The summed E-state index contributed by atoms with van der Waals surface area (Å²) < 4.78 is 5.39. The lowest BCUT2D eigenvalue weighted by atomic mass is 10.2. The van der Waals surface area contributed by atoms with Crippen LogP contribution in [-0.2, 0) is 4.79 Å². The second-order valence-corrected chi connectivity index (χ2v) is 6.71.